The van der Waals surface area contributed by atoms with E-state index in [1.54, 1.807) is 19.2 Å². The van der Waals surface area contributed by atoms with Gasteiger partial charge in [-0.15, -0.1) is 0 Å². The van der Waals surface area contributed by atoms with Crippen LogP contribution in [-0.2, 0) is 13.0 Å². The Labute approximate surface area is 122 Å². The minimum Gasteiger partial charge on any atom is -0.398 e. The van der Waals surface area contributed by atoms with Crippen LogP contribution >= 0.6 is 0 Å². The summed E-state index contributed by atoms with van der Waals surface area (Å²) in [4.78, 5) is 17.0. The van der Waals surface area contributed by atoms with E-state index in [4.69, 9.17) is 5.73 Å². The average molecular weight is 284 g/mol. The fourth-order valence-electron chi connectivity index (χ4n) is 2.67. The van der Waals surface area contributed by atoms with E-state index in [0.29, 0.717) is 17.9 Å². The lowest BCUT2D eigenvalue weighted by molar-refractivity contribution is -0.385. The molecule has 1 aromatic carbocycles. The molecule has 0 bridgehead atoms. The van der Waals surface area contributed by atoms with Crippen molar-refractivity contribution >= 4 is 17.2 Å². The van der Waals surface area contributed by atoms with E-state index in [9.17, 15) is 10.1 Å². The number of nitrogens with zero attached hydrogens (tertiary/aromatic N) is 3. The minimum atomic E-state index is -0.368. The molecule has 1 aliphatic heterocycles. The molecule has 0 aliphatic carbocycles. The number of nitrogen functional groups attached to an aromatic ring is 1. The van der Waals surface area contributed by atoms with Crippen LogP contribution in [0.2, 0.25) is 0 Å². The van der Waals surface area contributed by atoms with Gasteiger partial charge in [0.1, 0.15) is 5.82 Å². The Bertz CT molecular complexity index is 715. The standard InChI is InChI=1S/C15H16N4O2/c1-10-8-17-15(7-14(10)19(20)21)18-6-5-11-3-2-4-13(16)12(11)9-18/h2-4,7-8H,5-6,9,16H2,1H3. The van der Waals surface area contributed by atoms with Gasteiger partial charge in [0.2, 0.25) is 0 Å². The maximum absolute atomic E-state index is 11.0. The number of aryl methyl sites for hydroxylation is 1. The van der Waals surface area contributed by atoms with Crippen LogP contribution < -0.4 is 10.6 Å². The van der Waals surface area contributed by atoms with Crippen LogP contribution in [0.3, 0.4) is 0 Å². The zero-order chi connectivity index (χ0) is 15.0. The van der Waals surface area contributed by atoms with Gasteiger partial charge >= 0.3 is 0 Å². The first-order chi connectivity index (χ1) is 10.1. The van der Waals surface area contributed by atoms with Crippen LogP contribution in [0.1, 0.15) is 16.7 Å². The molecule has 0 atom stereocenters. The van der Waals surface area contributed by atoms with Gasteiger partial charge in [-0.05, 0) is 30.5 Å². The highest BCUT2D eigenvalue weighted by atomic mass is 16.6. The molecule has 2 heterocycles. The highest BCUT2D eigenvalue weighted by Crippen LogP contribution is 2.29. The second-order valence-electron chi connectivity index (χ2n) is 5.24. The average Bonchev–Trinajstić information content (AvgIpc) is 2.47. The molecule has 108 valence electrons. The molecule has 2 N–H and O–H groups in total. The summed E-state index contributed by atoms with van der Waals surface area (Å²) >= 11 is 0. The monoisotopic (exact) mass is 284 g/mol. The van der Waals surface area contributed by atoms with E-state index in [-0.39, 0.29) is 10.6 Å². The number of aromatic nitrogens is 1. The summed E-state index contributed by atoms with van der Waals surface area (Å²) in [6, 6.07) is 7.46. The van der Waals surface area contributed by atoms with Gasteiger partial charge in [-0.1, -0.05) is 12.1 Å². The van der Waals surface area contributed by atoms with Crippen molar-refractivity contribution in [3.05, 3.63) is 57.3 Å². The molecule has 1 aromatic heterocycles. The smallest absolute Gasteiger partial charge is 0.277 e. The zero-order valence-corrected chi connectivity index (χ0v) is 11.7. The SMILES string of the molecule is Cc1cnc(N2CCc3cccc(N)c3C2)cc1[N+](=O)[O-]. The summed E-state index contributed by atoms with van der Waals surface area (Å²) in [7, 11) is 0. The first kappa shape index (κ1) is 13.4. The topological polar surface area (TPSA) is 85.3 Å². The molecular formula is C15H16N4O2. The molecule has 0 saturated heterocycles. The lowest BCUT2D eigenvalue weighted by Crippen LogP contribution is -2.31. The number of hydrogen-bond acceptors (Lipinski definition) is 5. The highest BCUT2D eigenvalue weighted by molar-refractivity contribution is 5.57. The molecule has 2 aromatic rings. The summed E-state index contributed by atoms with van der Waals surface area (Å²) in [5.74, 6) is 0.626. The number of pyridine rings is 1. The molecule has 0 fully saturated rings. The molecule has 1 aliphatic rings. The Morgan fingerprint density at radius 2 is 2.24 bits per heavy atom. The minimum absolute atomic E-state index is 0.104. The Morgan fingerprint density at radius 3 is 3.00 bits per heavy atom. The van der Waals surface area contributed by atoms with E-state index < -0.39 is 0 Å². The number of fused-ring (bicyclic) bond motifs is 1. The summed E-state index contributed by atoms with van der Waals surface area (Å²) in [5.41, 5.74) is 9.80. The van der Waals surface area contributed by atoms with Gasteiger partial charge < -0.3 is 10.6 Å². The predicted octanol–water partition coefficient (Wildman–Crippen LogP) is 2.44. The molecular weight excluding hydrogens is 268 g/mol. The molecule has 0 radical (unpaired) electrons. The van der Waals surface area contributed by atoms with Crippen molar-refractivity contribution in [2.45, 2.75) is 19.9 Å². The summed E-state index contributed by atoms with van der Waals surface area (Å²) in [6.07, 6.45) is 2.42. The van der Waals surface area contributed by atoms with Crippen molar-refractivity contribution in [1.29, 1.82) is 0 Å². The van der Waals surface area contributed by atoms with E-state index in [1.165, 1.54) is 5.56 Å². The van der Waals surface area contributed by atoms with Crippen molar-refractivity contribution in [1.82, 2.24) is 4.98 Å². The molecule has 0 saturated carbocycles. The van der Waals surface area contributed by atoms with Gasteiger partial charge in [0.05, 0.1) is 11.0 Å². The third kappa shape index (κ3) is 2.40. The van der Waals surface area contributed by atoms with E-state index in [0.717, 1.165) is 24.2 Å². The predicted molar refractivity (Wildman–Crippen MR) is 81.2 cm³/mol. The summed E-state index contributed by atoms with van der Waals surface area (Å²) in [5, 5.41) is 11.0. The molecule has 0 amide bonds. The quantitative estimate of drug-likeness (QED) is 0.520. The molecule has 0 unspecified atom stereocenters. The zero-order valence-electron chi connectivity index (χ0n) is 11.7. The van der Waals surface area contributed by atoms with Crippen molar-refractivity contribution in [2.24, 2.45) is 0 Å². The largest absolute Gasteiger partial charge is 0.398 e. The highest BCUT2D eigenvalue weighted by Gasteiger charge is 2.21. The first-order valence-corrected chi connectivity index (χ1v) is 6.78. The van der Waals surface area contributed by atoms with Crippen molar-refractivity contribution in [3.63, 3.8) is 0 Å². The molecule has 6 nitrogen and oxygen atoms in total. The van der Waals surface area contributed by atoms with Crippen molar-refractivity contribution < 1.29 is 4.92 Å². The number of anilines is 2. The Hall–Kier alpha value is -2.63. The van der Waals surface area contributed by atoms with Gasteiger partial charge in [0.25, 0.3) is 5.69 Å². The van der Waals surface area contributed by atoms with Crippen LogP contribution in [0, 0.1) is 17.0 Å². The number of hydrogen-bond donors (Lipinski definition) is 1. The van der Waals surface area contributed by atoms with Gasteiger partial charge in [-0.2, -0.15) is 0 Å². The Kier molecular flexibility index (Phi) is 3.21. The normalized spacial score (nSPS) is 13.9. The second kappa shape index (κ2) is 5.05. The fraction of sp³-hybridized carbons (Fsp3) is 0.267. The molecule has 21 heavy (non-hydrogen) atoms. The van der Waals surface area contributed by atoms with Gasteiger partial charge in [0, 0.05) is 30.5 Å². The van der Waals surface area contributed by atoms with Crippen LogP contribution in [0.4, 0.5) is 17.2 Å². The Morgan fingerprint density at radius 1 is 1.43 bits per heavy atom. The summed E-state index contributed by atoms with van der Waals surface area (Å²) < 4.78 is 0. The number of nitro groups is 1. The number of rotatable bonds is 2. The third-order valence-corrected chi connectivity index (χ3v) is 3.89. The van der Waals surface area contributed by atoms with E-state index >= 15 is 0 Å². The summed E-state index contributed by atoms with van der Waals surface area (Å²) in [6.45, 7) is 3.11. The van der Waals surface area contributed by atoms with E-state index in [1.807, 2.05) is 17.0 Å². The van der Waals surface area contributed by atoms with Crippen LogP contribution in [0.5, 0.6) is 0 Å². The Balaban J connectivity index is 1.95. The van der Waals surface area contributed by atoms with Gasteiger partial charge in [-0.25, -0.2) is 4.98 Å². The third-order valence-electron chi connectivity index (χ3n) is 3.89. The lowest BCUT2D eigenvalue weighted by atomic mass is 9.98. The second-order valence-corrected chi connectivity index (χ2v) is 5.24. The molecule has 0 spiro atoms. The van der Waals surface area contributed by atoms with Crippen molar-refractivity contribution in [3.8, 4) is 0 Å². The van der Waals surface area contributed by atoms with Gasteiger partial charge in [0.15, 0.2) is 0 Å². The number of benzene rings is 1. The molecule has 6 heteroatoms. The first-order valence-electron chi connectivity index (χ1n) is 6.78. The van der Waals surface area contributed by atoms with E-state index in [2.05, 4.69) is 11.1 Å². The van der Waals surface area contributed by atoms with Crippen LogP contribution in [0.15, 0.2) is 30.5 Å². The van der Waals surface area contributed by atoms with Crippen LogP contribution in [-0.4, -0.2) is 16.5 Å². The number of nitrogens with two attached hydrogens (primary N) is 1. The fourth-order valence-corrected chi connectivity index (χ4v) is 2.67. The maximum atomic E-state index is 11.0. The lowest BCUT2D eigenvalue weighted by Gasteiger charge is -2.30. The maximum Gasteiger partial charge on any atom is 0.277 e. The van der Waals surface area contributed by atoms with Crippen molar-refractivity contribution in [2.75, 3.05) is 17.2 Å². The molecule has 3 rings (SSSR count). The van der Waals surface area contributed by atoms with Gasteiger partial charge in [-0.3, -0.25) is 10.1 Å². The van der Waals surface area contributed by atoms with Crippen LogP contribution in [0.25, 0.3) is 0 Å².